The van der Waals surface area contributed by atoms with E-state index in [1.807, 2.05) is 12.1 Å². The van der Waals surface area contributed by atoms with Crippen molar-refractivity contribution in [3.05, 3.63) is 36.2 Å². The molecule has 3 heterocycles. The highest BCUT2D eigenvalue weighted by Crippen LogP contribution is 2.32. The van der Waals surface area contributed by atoms with Crippen LogP contribution in [0.25, 0.3) is 0 Å². The predicted octanol–water partition coefficient (Wildman–Crippen LogP) is 2.35. The largest absolute Gasteiger partial charge is 0.454 e. The maximum absolute atomic E-state index is 5.47. The Morgan fingerprint density at radius 2 is 1.85 bits per heavy atom. The number of anilines is 2. The Hall–Kier alpha value is -2.54. The molecule has 0 atom stereocenters. The van der Waals surface area contributed by atoms with Crippen molar-refractivity contribution >= 4 is 11.6 Å². The molecule has 0 aliphatic carbocycles. The molecule has 0 radical (unpaired) electrons. The fourth-order valence-corrected chi connectivity index (χ4v) is 3.33. The van der Waals surface area contributed by atoms with E-state index in [-0.39, 0.29) is 0 Å². The van der Waals surface area contributed by atoms with Gasteiger partial charge >= 0.3 is 0 Å². The van der Waals surface area contributed by atoms with E-state index in [4.69, 9.17) is 9.47 Å². The Morgan fingerprint density at radius 1 is 1.04 bits per heavy atom. The molecule has 7 nitrogen and oxygen atoms in total. The second-order valence-corrected chi connectivity index (χ2v) is 7.01. The molecule has 1 aromatic carbocycles. The number of benzene rings is 1. The number of piperazine rings is 1. The molecule has 0 spiro atoms. The van der Waals surface area contributed by atoms with Crippen molar-refractivity contribution in [1.29, 1.82) is 0 Å². The third kappa shape index (κ3) is 3.83. The van der Waals surface area contributed by atoms with E-state index >= 15 is 0 Å². The molecule has 1 fully saturated rings. The van der Waals surface area contributed by atoms with E-state index in [0.717, 1.165) is 55.9 Å². The summed E-state index contributed by atoms with van der Waals surface area (Å²) in [5.74, 6) is 3.57. The Morgan fingerprint density at radius 3 is 2.65 bits per heavy atom. The molecule has 2 aliphatic rings. The van der Waals surface area contributed by atoms with Crippen LogP contribution >= 0.6 is 0 Å². The first-order valence-electron chi connectivity index (χ1n) is 9.12. The maximum atomic E-state index is 5.47. The van der Waals surface area contributed by atoms with Gasteiger partial charge < -0.3 is 19.7 Å². The highest BCUT2D eigenvalue weighted by Gasteiger charge is 2.20. The minimum absolute atomic E-state index is 0.323. The SMILES string of the molecule is CC(C)Nc1cc(N2CCN(Cc3ccc4c(c3)OCO4)CC2)ncn1. The van der Waals surface area contributed by atoms with Crippen LogP contribution in [0, 0.1) is 0 Å². The minimum Gasteiger partial charge on any atom is -0.454 e. The van der Waals surface area contributed by atoms with Gasteiger partial charge in [-0.3, -0.25) is 4.90 Å². The molecule has 138 valence electrons. The first kappa shape index (κ1) is 16.9. The summed E-state index contributed by atoms with van der Waals surface area (Å²) in [6, 6.07) is 8.60. The van der Waals surface area contributed by atoms with E-state index in [0.29, 0.717) is 12.8 Å². The van der Waals surface area contributed by atoms with E-state index in [1.165, 1.54) is 5.56 Å². The topological polar surface area (TPSA) is 62.8 Å². The molecule has 2 aromatic rings. The van der Waals surface area contributed by atoms with Crippen molar-refractivity contribution in [3.63, 3.8) is 0 Å². The van der Waals surface area contributed by atoms with E-state index in [2.05, 4.69) is 51.1 Å². The van der Waals surface area contributed by atoms with Crippen molar-refractivity contribution in [3.8, 4) is 11.5 Å². The standard InChI is InChI=1S/C19H25N5O2/c1-14(2)22-18-10-19(21-12-20-18)24-7-5-23(6-8-24)11-15-3-4-16-17(9-15)26-13-25-16/h3-4,9-10,12,14H,5-8,11,13H2,1-2H3,(H,20,21,22). The van der Waals surface area contributed by atoms with Crippen LogP contribution in [0.2, 0.25) is 0 Å². The molecule has 0 saturated carbocycles. The molecular formula is C19H25N5O2. The molecule has 1 saturated heterocycles. The lowest BCUT2D eigenvalue weighted by Crippen LogP contribution is -2.46. The lowest BCUT2D eigenvalue weighted by atomic mass is 10.1. The number of hydrogen-bond donors (Lipinski definition) is 1. The zero-order chi connectivity index (χ0) is 17.9. The first-order valence-corrected chi connectivity index (χ1v) is 9.12. The van der Waals surface area contributed by atoms with Crippen LogP contribution in [0.3, 0.4) is 0 Å². The summed E-state index contributed by atoms with van der Waals surface area (Å²) in [6.07, 6.45) is 1.64. The third-order valence-electron chi connectivity index (χ3n) is 4.63. The zero-order valence-corrected chi connectivity index (χ0v) is 15.3. The maximum Gasteiger partial charge on any atom is 0.231 e. The van der Waals surface area contributed by atoms with Gasteiger partial charge in [0.2, 0.25) is 6.79 Å². The number of hydrogen-bond acceptors (Lipinski definition) is 7. The number of ether oxygens (including phenoxy) is 2. The average molecular weight is 355 g/mol. The molecule has 0 amide bonds. The molecule has 1 aromatic heterocycles. The third-order valence-corrected chi connectivity index (χ3v) is 4.63. The van der Waals surface area contributed by atoms with Crippen LogP contribution in [-0.2, 0) is 6.54 Å². The van der Waals surface area contributed by atoms with Gasteiger partial charge in [-0.15, -0.1) is 0 Å². The number of nitrogens with one attached hydrogen (secondary N) is 1. The highest BCUT2D eigenvalue weighted by molar-refractivity contribution is 5.49. The van der Waals surface area contributed by atoms with Crippen molar-refractivity contribution in [2.45, 2.75) is 26.4 Å². The van der Waals surface area contributed by atoms with Gasteiger partial charge in [0.1, 0.15) is 18.0 Å². The molecule has 0 unspecified atom stereocenters. The van der Waals surface area contributed by atoms with E-state index in [9.17, 15) is 0 Å². The summed E-state index contributed by atoms with van der Waals surface area (Å²) >= 11 is 0. The van der Waals surface area contributed by atoms with Crippen molar-refractivity contribution in [2.75, 3.05) is 43.2 Å². The monoisotopic (exact) mass is 355 g/mol. The highest BCUT2D eigenvalue weighted by atomic mass is 16.7. The average Bonchev–Trinajstić information content (AvgIpc) is 3.10. The zero-order valence-electron chi connectivity index (χ0n) is 15.3. The number of fused-ring (bicyclic) bond motifs is 1. The number of nitrogens with zero attached hydrogens (tertiary/aromatic N) is 4. The number of rotatable bonds is 5. The van der Waals surface area contributed by atoms with Gasteiger partial charge in [0.25, 0.3) is 0 Å². The molecular weight excluding hydrogens is 330 g/mol. The molecule has 7 heteroatoms. The normalized spacial score (nSPS) is 17.0. The van der Waals surface area contributed by atoms with Gasteiger partial charge in [-0.05, 0) is 31.5 Å². The van der Waals surface area contributed by atoms with Gasteiger partial charge in [0, 0.05) is 44.8 Å². The van der Waals surface area contributed by atoms with Crippen LogP contribution in [0.1, 0.15) is 19.4 Å². The molecule has 26 heavy (non-hydrogen) atoms. The first-order chi connectivity index (χ1) is 12.7. The summed E-state index contributed by atoms with van der Waals surface area (Å²) in [6.45, 7) is 9.40. The van der Waals surface area contributed by atoms with Crippen LogP contribution in [0.4, 0.5) is 11.6 Å². The second-order valence-electron chi connectivity index (χ2n) is 7.01. The van der Waals surface area contributed by atoms with Crippen LogP contribution in [0.15, 0.2) is 30.6 Å². The summed E-state index contributed by atoms with van der Waals surface area (Å²) < 4.78 is 10.9. The lowest BCUT2D eigenvalue weighted by molar-refractivity contribution is 0.174. The molecule has 2 aliphatic heterocycles. The van der Waals surface area contributed by atoms with Crippen LogP contribution in [-0.4, -0.2) is 53.9 Å². The fourth-order valence-electron chi connectivity index (χ4n) is 3.33. The minimum atomic E-state index is 0.323. The smallest absolute Gasteiger partial charge is 0.231 e. The second kappa shape index (κ2) is 7.37. The summed E-state index contributed by atoms with van der Waals surface area (Å²) in [5.41, 5.74) is 1.26. The lowest BCUT2D eigenvalue weighted by Gasteiger charge is -2.35. The predicted molar refractivity (Wildman–Crippen MR) is 101 cm³/mol. The molecule has 1 N–H and O–H groups in total. The van der Waals surface area contributed by atoms with Gasteiger partial charge in [-0.2, -0.15) is 0 Å². The van der Waals surface area contributed by atoms with Gasteiger partial charge in [0.05, 0.1) is 0 Å². The molecule has 4 rings (SSSR count). The summed E-state index contributed by atoms with van der Waals surface area (Å²) in [7, 11) is 0. The quantitative estimate of drug-likeness (QED) is 0.883. The Balaban J connectivity index is 1.34. The van der Waals surface area contributed by atoms with Gasteiger partial charge in [-0.25, -0.2) is 9.97 Å². The molecule has 0 bridgehead atoms. The van der Waals surface area contributed by atoms with Gasteiger partial charge in [-0.1, -0.05) is 6.07 Å². The van der Waals surface area contributed by atoms with Crippen molar-refractivity contribution < 1.29 is 9.47 Å². The summed E-state index contributed by atoms with van der Waals surface area (Å²) in [5, 5.41) is 3.34. The summed E-state index contributed by atoms with van der Waals surface area (Å²) in [4.78, 5) is 13.5. The fraction of sp³-hybridized carbons (Fsp3) is 0.474. The van der Waals surface area contributed by atoms with Gasteiger partial charge in [0.15, 0.2) is 11.5 Å². The van der Waals surface area contributed by atoms with Crippen molar-refractivity contribution in [1.82, 2.24) is 14.9 Å². The van der Waals surface area contributed by atoms with Crippen LogP contribution < -0.4 is 19.7 Å². The van der Waals surface area contributed by atoms with E-state index < -0.39 is 0 Å². The van der Waals surface area contributed by atoms with Crippen LogP contribution in [0.5, 0.6) is 11.5 Å². The van der Waals surface area contributed by atoms with Crippen molar-refractivity contribution in [2.24, 2.45) is 0 Å². The number of aromatic nitrogens is 2. The Kier molecular flexibility index (Phi) is 4.79. The Labute approximate surface area is 153 Å². The Bertz CT molecular complexity index is 759. The van der Waals surface area contributed by atoms with E-state index in [1.54, 1.807) is 6.33 Å².